The zero-order valence-electron chi connectivity index (χ0n) is 11.3. The van der Waals surface area contributed by atoms with Gasteiger partial charge < -0.3 is 5.32 Å². The quantitative estimate of drug-likeness (QED) is 0.739. The van der Waals surface area contributed by atoms with Gasteiger partial charge in [-0.15, -0.1) is 0 Å². The van der Waals surface area contributed by atoms with E-state index in [4.69, 9.17) is 0 Å². The van der Waals surface area contributed by atoms with E-state index < -0.39 is 0 Å². The molecule has 1 aliphatic carbocycles. The van der Waals surface area contributed by atoms with Crippen LogP contribution in [0.15, 0.2) is 36.1 Å². The maximum atomic E-state index is 4.04. The second-order valence-corrected chi connectivity index (χ2v) is 5.71. The molecule has 1 rings (SSSR count). The van der Waals surface area contributed by atoms with Crippen molar-refractivity contribution in [2.75, 3.05) is 6.54 Å². The van der Waals surface area contributed by atoms with Crippen LogP contribution in [-0.2, 0) is 0 Å². The van der Waals surface area contributed by atoms with Gasteiger partial charge in [-0.1, -0.05) is 52.5 Å². The maximum absolute atomic E-state index is 4.04. The van der Waals surface area contributed by atoms with Crippen LogP contribution in [0.2, 0.25) is 0 Å². The number of rotatable bonds is 5. The SMILES string of the molecule is C=C(NCC)C1C=C1/C=C\[C@H](C)C(C)(C)C. The van der Waals surface area contributed by atoms with E-state index in [1.54, 1.807) is 0 Å². The molecule has 0 amide bonds. The molecular weight excluding hydrogens is 194 g/mol. The van der Waals surface area contributed by atoms with Gasteiger partial charge in [0.2, 0.25) is 0 Å². The normalized spacial score (nSPS) is 21.8. The summed E-state index contributed by atoms with van der Waals surface area (Å²) < 4.78 is 0. The van der Waals surface area contributed by atoms with Crippen molar-refractivity contribution in [3.8, 4) is 0 Å². The van der Waals surface area contributed by atoms with E-state index in [0.717, 1.165) is 12.2 Å². The van der Waals surface area contributed by atoms with Crippen molar-refractivity contribution < 1.29 is 0 Å². The average molecular weight is 219 g/mol. The van der Waals surface area contributed by atoms with Crippen LogP contribution in [-0.4, -0.2) is 6.54 Å². The van der Waals surface area contributed by atoms with Gasteiger partial charge in [0.15, 0.2) is 0 Å². The van der Waals surface area contributed by atoms with Gasteiger partial charge in [0.25, 0.3) is 0 Å². The van der Waals surface area contributed by atoms with Gasteiger partial charge in [-0.05, 0) is 23.8 Å². The third-order valence-corrected chi connectivity index (χ3v) is 3.33. The first-order chi connectivity index (χ1) is 7.36. The van der Waals surface area contributed by atoms with E-state index >= 15 is 0 Å². The first-order valence-corrected chi connectivity index (χ1v) is 6.18. The van der Waals surface area contributed by atoms with Crippen LogP contribution in [0.5, 0.6) is 0 Å². The summed E-state index contributed by atoms with van der Waals surface area (Å²) in [5, 5.41) is 3.27. The summed E-state index contributed by atoms with van der Waals surface area (Å²) in [6, 6.07) is 0. The summed E-state index contributed by atoms with van der Waals surface area (Å²) >= 11 is 0. The van der Waals surface area contributed by atoms with E-state index in [2.05, 4.69) is 64.7 Å². The lowest BCUT2D eigenvalue weighted by Crippen LogP contribution is -2.15. The smallest absolute Gasteiger partial charge is 0.0414 e. The predicted molar refractivity (Wildman–Crippen MR) is 72.1 cm³/mol. The van der Waals surface area contributed by atoms with Crippen molar-refractivity contribution in [3.05, 3.63) is 36.1 Å². The second-order valence-electron chi connectivity index (χ2n) is 5.71. The minimum Gasteiger partial charge on any atom is -0.388 e. The van der Waals surface area contributed by atoms with Crippen LogP contribution in [0.25, 0.3) is 0 Å². The molecule has 16 heavy (non-hydrogen) atoms. The summed E-state index contributed by atoms with van der Waals surface area (Å²) in [7, 11) is 0. The molecule has 0 heterocycles. The molecule has 2 atom stereocenters. The highest BCUT2D eigenvalue weighted by Crippen LogP contribution is 2.36. The Kier molecular flexibility index (Phi) is 4.01. The van der Waals surface area contributed by atoms with Crippen molar-refractivity contribution in [1.29, 1.82) is 0 Å². The Balaban J connectivity index is 2.39. The molecular formula is C15H25N. The van der Waals surface area contributed by atoms with Crippen LogP contribution < -0.4 is 5.32 Å². The van der Waals surface area contributed by atoms with Crippen LogP contribution in [0, 0.1) is 17.3 Å². The Morgan fingerprint density at radius 2 is 2.19 bits per heavy atom. The highest BCUT2D eigenvalue weighted by molar-refractivity contribution is 5.46. The van der Waals surface area contributed by atoms with E-state index in [0.29, 0.717) is 17.3 Å². The standard InChI is InChI=1S/C15H25N/c1-7-16-12(3)14-10-13(14)9-8-11(2)15(4,5)6/h8-11,14,16H,3,7H2,1-2,4-6H3/b9-8-/t11-,14?/m0/s1. The van der Waals surface area contributed by atoms with Crippen LogP contribution in [0.3, 0.4) is 0 Å². The molecule has 0 aromatic rings. The third kappa shape index (κ3) is 3.55. The van der Waals surface area contributed by atoms with Gasteiger partial charge in [0, 0.05) is 18.2 Å². The zero-order valence-corrected chi connectivity index (χ0v) is 11.3. The average Bonchev–Trinajstić information content (AvgIpc) is 2.92. The van der Waals surface area contributed by atoms with Gasteiger partial charge in [-0.2, -0.15) is 0 Å². The molecule has 1 nitrogen and oxygen atoms in total. The maximum Gasteiger partial charge on any atom is 0.0414 e. The molecule has 0 fully saturated rings. The first kappa shape index (κ1) is 13.1. The van der Waals surface area contributed by atoms with Crippen LogP contribution in [0.4, 0.5) is 0 Å². The van der Waals surface area contributed by atoms with Gasteiger partial charge in [0.1, 0.15) is 0 Å². The summed E-state index contributed by atoms with van der Waals surface area (Å²) in [4.78, 5) is 0. The number of allylic oxidation sites excluding steroid dienone is 3. The first-order valence-electron chi connectivity index (χ1n) is 6.18. The number of hydrogen-bond acceptors (Lipinski definition) is 1. The molecule has 1 unspecified atom stereocenters. The molecule has 0 bridgehead atoms. The summed E-state index contributed by atoms with van der Waals surface area (Å²) in [6.45, 7) is 16.2. The molecule has 0 aromatic heterocycles. The zero-order chi connectivity index (χ0) is 12.3. The third-order valence-electron chi connectivity index (χ3n) is 3.33. The molecule has 0 saturated carbocycles. The molecule has 0 saturated heterocycles. The fourth-order valence-corrected chi connectivity index (χ4v) is 1.49. The molecule has 0 aliphatic heterocycles. The summed E-state index contributed by atoms with van der Waals surface area (Å²) in [5.74, 6) is 1.07. The van der Waals surface area contributed by atoms with Crippen molar-refractivity contribution in [2.24, 2.45) is 17.3 Å². The summed E-state index contributed by atoms with van der Waals surface area (Å²) in [5.41, 5.74) is 2.88. The minimum absolute atomic E-state index is 0.347. The second kappa shape index (κ2) is 4.90. The number of nitrogens with one attached hydrogen (secondary N) is 1. The number of hydrogen-bond donors (Lipinski definition) is 1. The van der Waals surface area contributed by atoms with Gasteiger partial charge in [0.05, 0.1) is 0 Å². The van der Waals surface area contributed by atoms with Gasteiger partial charge in [-0.3, -0.25) is 0 Å². The molecule has 1 heteroatoms. The Bertz CT molecular complexity index is 315. The van der Waals surface area contributed by atoms with Crippen molar-refractivity contribution >= 4 is 0 Å². The summed E-state index contributed by atoms with van der Waals surface area (Å²) in [6.07, 6.45) is 6.82. The van der Waals surface area contributed by atoms with E-state index in [1.807, 2.05) is 0 Å². The van der Waals surface area contributed by atoms with Crippen LogP contribution >= 0.6 is 0 Å². The monoisotopic (exact) mass is 219 g/mol. The molecule has 1 N–H and O–H groups in total. The lowest BCUT2D eigenvalue weighted by atomic mass is 9.82. The predicted octanol–water partition coefficient (Wildman–Crippen LogP) is 3.90. The Morgan fingerprint density at radius 3 is 2.69 bits per heavy atom. The fourth-order valence-electron chi connectivity index (χ4n) is 1.49. The van der Waals surface area contributed by atoms with Crippen LogP contribution in [0.1, 0.15) is 34.6 Å². The Hall–Kier alpha value is -0.980. The van der Waals surface area contributed by atoms with E-state index in [9.17, 15) is 0 Å². The molecule has 0 spiro atoms. The minimum atomic E-state index is 0.347. The largest absolute Gasteiger partial charge is 0.388 e. The van der Waals surface area contributed by atoms with E-state index in [-0.39, 0.29) is 0 Å². The topological polar surface area (TPSA) is 12.0 Å². The lowest BCUT2D eigenvalue weighted by Gasteiger charge is -2.24. The fraction of sp³-hybridized carbons (Fsp3) is 0.600. The highest BCUT2D eigenvalue weighted by Gasteiger charge is 2.25. The molecule has 0 aromatic carbocycles. The Morgan fingerprint density at radius 1 is 1.56 bits per heavy atom. The highest BCUT2D eigenvalue weighted by atomic mass is 14.9. The van der Waals surface area contributed by atoms with Crippen molar-refractivity contribution in [2.45, 2.75) is 34.6 Å². The molecule has 0 radical (unpaired) electrons. The Labute approximate surface area is 100 Å². The molecule has 90 valence electrons. The van der Waals surface area contributed by atoms with Crippen molar-refractivity contribution in [3.63, 3.8) is 0 Å². The van der Waals surface area contributed by atoms with E-state index in [1.165, 1.54) is 5.57 Å². The van der Waals surface area contributed by atoms with Gasteiger partial charge in [-0.25, -0.2) is 0 Å². The van der Waals surface area contributed by atoms with Crippen molar-refractivity contribution in [1.82, 2.24) is 5.32 Å². The lowest BCUT2D eigenvalue weighted by molar-refractivity contribution is 0.314. The molecule has 1 aliphatic rings. The van der Waals surface area contributed by atoms with Gasteiger partial charge >= 0.3 is 0 Å².